The first-order valence-electron chi connectivity index (χ1n) is 4.96. The zero-order valence-corrected chi connectivity index (χ0v) is 9.63. The zero-order valence-electron chi connectivity index (χ0n) is 8.81. The van der Waals surface area contributed by atoms with Crippen LogP contribution < -0.4 is 0 Å². The molecule has 1 atom stereocenters. The Kier molecular flexibility index (Phi) is 5.04. The Labute approximate surface area is 89.5 Å². The predicted octanol–water partition coefficient (Wildman–Crippen LogP) is 1.76. The molecule has 0 fully saturated rings. The van der Waals surface area contributed by atoms with Gasteiger partial charge in [0.1, 0.15) is 0 Å². The lowest BCUT2D eigenvalue weighted by Crippen LogP contribution is -2.03. The van der Waals surface area contributed by atoms with Crippen LogP contribution in [0.5, 0.6) is 0 Å². The van der Waals surface area contributed by atoms with Crippen LogP contribution in [0.15, 0.2) is 12.4 Å². The normalized spacial score (nSPS) is 13.1. The molecule has 1 N–H and O–H groups in total. The van der Waals surface area contributed by atoms with Gasteiger partial charge in [-0.3, -0.25) is 4.68 Å². The first-order chi connectivity index (χ1) is 6.76. The molecule has 1 unspecified atom stereocenters. The number of aromatic nitrogens is 2. The molecular weight excluding hydrogens is 196 g/mol. The van der Waals surface area contributed by atoms with Crippen LogP contribution in [0.3, 0.4) is 0 Å². The molecule has 0 radical (unpaired) electrons. The van der Waals surface area contributed by atoms with Crippen molar-refractivity contribution in [1.29, 1.82) is 0 Å². The minimum Gasteiger partial charge on any atom is -0.396 e. The van der Waals surface area contributed by atoms with Gasteiger partial charge in [0.05, 0.1) is 6.20 Å². The molecule has 1 aromatic heterocycles. The molecule has 0 saturated carbocycles. The third-order valence-corrected chi connectivity index (χ3v) is 3.34. The number of aryl methyl sites for hydroxylation is 1. The van der Waals surface area contributed by atoms with E-state index >= 15 is 0 Å². The molecule has 0 saturated heterocycles. The van der Waals surface area contributed by atoms with Gasteiger partial charge in [0, 0.05) is 25.1 Å². The molecule has 4 heteroatoms. The molecule has 14 heavy (non-hydrogen) atoms. The summed E-state index contributed by atoms with van der Waals surface area (Å²) in [5.74, 6) is 2.39. The number of rotatable bonds is 6. The maximum absolute atomic E-state index is 8.84. The molecule has 1 rings (SSSR count). The van der Waals surface area contributed by atoms with E-state index in [1.54, 1.807) is 0 Å². The highest BCUT2D eigenvalue weighted by molar-refractivity contribution is 7.98. The summed E-state index contributed by atoms with van der Waals surface area (Å²) < 4.78 is 1.94. The summed E-state index contributed by atoms with van der Waals surface area (Å²) in [6.07, 6.45) is 4.00. The largest absolute Gasteiger partial charge is 0.396 e. The van der Waals surface area contributed by atoms with Crippen LogP contribution in [0.2, 0.25) is 0 Å². The summed E-state index contributed by atoms with van der Waals surface area (Å²) >= 11 is 1.85. The molecule has 0 aliphatic rings. The average Bonchev–Trinajstić information content (AvgIpc) is 2.65. The van der Waals surface area contributed by atoms with Crippen LogP contribution in [0, 0.1) is 5.92 Å². The zero-order chi connectivity index (χ0) is 10.4. The van der Waals surface area contributed by atoms with E-state index in [1.165, 1.54) is 5.56 Å². The van der Waals surface area contributed by atoms with Crippen molar-refractivity contribution in [2.24, 2.45) is 5.92 Å². The van der Waals surface area contributed by atoms with Gasteiger partial charge >= 0.3 is 0 Å². The number of hydrogen-bond acceptors (Lipinski definition) is 3. The summed E-state index contributed by atoms with van der Waals surface area (Å²) in [5.41, 5.74) is 1.27. The summed E-state index contributed by atoms with van der Waals surface area (Å²) in [6, 6.07) is 0. The van der Waals surface area contributed by atoms with Gasteiger partial charge in [0.15, 0.2) is 0 Å². The van der Waals surface area contributed by atoms with Crippen LogP contribution in [0.1, 0.15) is 19.4 Å². The van der Waals surface area contributed by atoms with Gasteiger partial charge in [-0.05, 0) is 24.2 Å². The van der Waals surface area contributed by atoms with Gasteiger partial charge < -0.3 is 5.11 Å². The smallest absolute Gasteiger partial charge is 0.0530 e. The van der Waals surface area contributed by atoms with Crippen LogP contribution in [-0.4, -0.2) is 27.2 Å². The van der Waals surface area contributed by atoms with Crippen molar-refractivity contribution in [3.05, 3.63) is 18.0 Å². The molecule has 0 aromatic carbocycles. The van der Waals surface area contributed by atoms with Crippen LogP contribution in [-0.2, 0) is 12.3 Å². The Bertz CT molecular complexity index is 262. The van der Waals surface area contributed by atoms with Gasteiger partial charge in [-0.2, -0.15) is 16.9 Å². The van der Waals surface area contributed by atoms with Gasteiger partial charge in [-0.1, -0.05) is 6.92 Å². The van der Waals surface area contributed by atoms with E-state index in [9.17, 15) is 0 Å². The fourth-order valence-electron chi connectivity index (χ4n) is 1.08. The lowest BCUT2D eigenvalue weighted by Gasteiger charge is -2.05. The highest BCUT2D eigenvalue weighted by Gasteiger charge is 2.01. The van der Waals surface area contributed by atoms with Crippen molar-refractivity contribution in [1.82, 2.24) is 9.78 Å². The van der Waals surface area contributed by atoms with Crippen molar-refractivity contribution in [2.75, 3.05) is 12.4 Å². The lowest BCUT2D eigenvalue weighted by molar-refractivity contribution is 0.250. The molecule has 0 aliphatic carbocycles. The van der Waals surface area contributed by atoms with Crippen molar-refractivity contribution in [2.45, 2.75) is 26.1 Å². The second-order valence-electron chi connectivity index (χ2n) is 3.51. The molecule has 0 bridgehead atoms. The molecule has 0 aliphatic heterocycles. The topological polar surface area (TPSA) is 38.0 Å². The Hall–Kier alpha value is -0.480. The van der Waals surface area contributed by atoms with E-state index in [4.69, 9.17) is 5.11 Å². The van der Waals surface area contributed by atoms with E-state index < -0.39 is 0 Å². The monoisotopic (exact) mass is 214 g/mol. The second kappa shape index (κ2) is 6.09. The molecule has 80 valence electrons. The fourth-order valence-corrected chi connectivity index (χ4v) is 2.09. The third kappa shape index (κ3) is 3.72. The van der Waals surface area contributed by atoms with E-state index in [-0.39, 0.29) is 6.61 Å². The second-order valence-corrected chi connectivity index (χ2v) is 4.54. The average molecular weight is 214 g/mol. The number of nitrogens with zero attached hydrogens (tertiary/aromatic N) is 2. The predicted molar refractivity (Wildman–Crippen MR) is 60.3 cm³/mol. The van der Waals surface area contributed by atoms with E-state index in [1.807, 2.05) is 22.6 Å². The van der Waals surface area contributed by atoms with Crippen LogP contribution in [0.4, 0.5) is 0 Å². The maximum Gasteiger partial charge on any atom is 0.0530 e. The lowest BCUT2D eigenvalue weighted by atomic mass is 10.2. The first-order valence-corrected chi connectivity index (χ1v) is 6.11. The number of hydrogen-bond donors (Lipinski definition) is 1. The summed E-state index contributed by atoms with van der Waals surface area (Å²) in [4.78, 5) is 0. The number of aliphatic hydroxyl groups is 1. The van der Waals surface area contributed by atoms with Gasteiger partial charge in [0.25, 0.3) is 0 Å². The highest BCUT2D eigenvalue weighted by Crippen LogP contribution is 2.14. The highest BCUT2D eigenvalue weighted by atomic mass is 32.2. The maximum atomic E-state index is 8.84. The molecule has 0 amide bonds. The fraction of sp³-hybridized carbons (Fsp3) is 0.700. The minimum atomic E-state index is 0.279. The molecule has 1 aromatic rings. The molecular formula is C10H18N2OS. The Morgan fingerprint density at radius 3 is 3.00 bits per heavy atom. The Balaban J connectivity index is 2.24. The summed E-state index contributed by atoms with van der Waals surface area (Å²) in [6.45, 7) is 5.35. The van der Waals surface area contributed by atoms with Crippen molar-refractivity contribution < 1.29 is 5.11 Å². The van der Waals surface area contributed by atoms with Crippen molar-refractivity contribution in [3.8, 4) is 0 Å². The van der Waals surface area contributed by atoms with Crippen molar-refractivity contribution in [3.63, 3.8) is 0 Å². The van der Waals surface area contributed by atoms with E-state index in [2.05, 4.69) is 25.1 Å². The standard InChI is InChI=1S/C10H18N2OS/c1-3-12-5-10(4-11-12)8-14-7-9(2)6-13/h4-5,9,13H,3,6-8H2,1-2H3. The quantitative estimate of drug-likeness (QED) is 0.784. The first kappa shape index (κ1) is 11.6. The molecule has 3 nitrogen and oxygen atoms in total. The number of aliphatic hydroxyl groups excluding tert-OH is 1. The Morgan fingerprint density at radius 1 is 1.64 bits per heavy atom. The van der Waals surface area contributed by atoms with Crippen LogP contribution in [0.25, 0.3) is 0 Å². The van der Waals surface area contributed by atoms with E-state index in [0.29, 0.717) is 5.92 Å². The summed E-state index contributed by atoms with van der Waals surface area (Å²) in [7, 11) is 0. The SMILES string of the molecule is CCn1cc(CSCC(C)CO)cn1. The van der Waals surface area contributed by atoms with Gasteiger partial charge in [0.2, 0.25) is 0 Å². The van der Waals surface area contributed by atoms with Gasteiger partial charge in [-0.15, -0.1) is 0 Å². The minimum absolute atomic E-state index is 0.279. The van der Waals surface area contributed by atoms with Crippen LogP contribution >= 0.6 is 11.8 Å². The molecule has 0 spiro atoms. The number of thioether (sulfide) groups is 1. The molecule has 1 heterocycles. The summed E-state index contributed by atoms with van der Waals surface area (Å²) in [5, 5.41) is 13.1. The van der Waals surface area contributed by atoms with E-state index in [0.717, 1.165) is 18.1 Å². The van der Waals surface area contributed by atoms with Crippen molar-refractivity contribution >= 4 is 11.8 Å². The Morgan fingerprint density at radius 2 is 2.43 bits per heavy atom. The van der Waals surface area contributed by atoms with Gasteiger partial charge in [-0.25, -0.2) is 0 Å². The third-order valence-electron chi connectivity index (χ3n) is 1.99.